The molecule has 4 nitrogen and oxygen atoms in total. The van der Waals surface area contributed by atoms with E-state index in [4.69, 9.17) is 0 Å². The highest BCUT2D eigenvalue weighted by atomic mass is 19.4. The van der Waals surface area contributed by atoms with Gasteiger partial charge in [-0.2, -0.15) is 0 Å². The van der Waals surface area contributed by atoms with Crippen LogP contribution in [-0.4, -0.2) is 24.9 Å². The van der Waals surface area contributed by atoms with E-state index in [1.807, 2.05) is 0 Å². The number of rotatable bonds is 5. The second-order valence-corrected chi connectivity index (χ2v) is 4.92. The van der Waals surface area contributed by atoms with Crippen molar-refractivity contribution in [1.29, 1.82) is 0 Å². The molecule has 0 aliphatic carbocycles. The van der Waals surface area contributed by atoms with Gasteiger partial charge in [0.05, 0.1) is 5.69 Å². The van der Waals surface area contributed by atoms with Gasteiger partial charge in [0.25, 0.3) is 0 Å². The molecule has 1 aliphatic heterocycles. The van der Waals surface area contributed by atoms with Crippen molar-refractivity contribution in [3.8, 4) is 5.75 Å². The van der Waals surface area contributed by atoms with Crippen LogP contribution in [0.15, 0.2) is 24.3 Å². The van der Waals surface area contributed by atoms with Gasteiger partial charge in [-0.05, 0) is 37.9 Å². The van der Waals surface area contributed by atoms with Crippen LogP contribution in [0.4, 0.5) is 18.9 Å². The molecule has 7 heteroatoms. The van der Waals surface area contributed by atoms with E-state index in [-0.39, 0.29) is 18.0 Å². The fourth-order valence-corrected chi connectivity index (χ4v) is 2.30. The first kappa shape index (κ1) is 15.6. The summed E-state index contributed by atoms with van der Waals surface area (Å²) in [5.74, 6) is -0.723. The van der Waals surface area contributed by atoms with Gasteiger partial charge in [0.2, 0.25) is 5.91 Å². The fraction of sp³-hybridized carbons (Fsp3) is 0.500. The summed E-state index contributed by atoms with van der Waals surface area (Å²) in [5.41, 5.74) is 0.0270. The number of para-hydroxylation sites is 2. The Morgan fingerprint density at radius 3 is 2.81 bits per heavy atom. The lowest BCUT2D eigenvalue weighted by atomic mass is 10.1. The van der Waals surface area contributed by atoms with Gasteiger partial charge in [0, 0.05) is 12.5 Å². The molecule has 1 saturated heterocycles. The van der Waals surface area contributed by atoms with Gasteiger partial charge < -0.3 is 15.4 Å². The number of amides is 1. The molecule has 116 valence electrons. The molecule has 0 aromatic heterocycles. The highest BCUT2D eigenvalue weighted by Crippen LogP contribution is 2.30. The van der Waals surface area contributed by atoms with Crippen molar-refractivity contribution in [3.63, 3.8) is 0 Å². The molecule has 1 atom stereocenters. The summed E-state index contributed by atoms with van der Waals surface area (Å²) >= 11 is 0. The Bertz CT molecular complexity index is 485. The Hall–Kier alpha value is -1.76. The van der Waals surface area contributed by atoms with E-state index < -0.39 is 12.1 Å². The van der Waals surface area contributed by atoms with Crippen molar-refractivity contribution in [2.75, 3.05) is 11.9 Å². The molecule has 0 spiro atoms. The number of halogens is 3. The molecule has 0 radical (unpaired) electrons. The number of nitrogens with one attached hydrogen (secondary N) is 2. The average molecular weight is 302 g/mol. The van der Waals surface area contributed by atoms with E-state index in [0.717, 1.165) is 19.4 Å². The zero-order chi connectivity index (χ0) is 15.3. The van der Waals surface area contributed by atoms with Crippen molar-refractivity contribution >= 4 is 11.6 Å². The third kappa shape index (κ3) is 5.26. The molecule has 1 unspecified atom stereocenters. The third-order valence-corrected chi connectivity index (χ3v) is 3.27. The van der Waals surface area contributed by atoms with Crippen molar-refractivity contribution in [2.24, 2.45) is 0 Å². The van der Waals surface area contributed by atoms with Gasteiger partial charge in [-0.1, -0.05) is 12.1 Å². The molecule has 1 aliphatic rings. The fourth-order valence-electron chi connectivity index (χ4n) is 2.30. The Labute approximate surface area is 120 Å². The zero-order valence-corrected chi connectivity index (χ0v) is 11.4. The Morgan fingerprint density at radius 1 is 1.38 bits per heavy atom. The largest absolute Gasteiger partial charge is 0.573 e. The second-order valence-electron chi connectivity index (χ2n) is 4.92. The van der Waals surface area contributed by atoms with E-state index in [0.29, 0.717) is 12.5 Å². The van der Waals surface area contributed by atoms with Crippen LogP contribution >= 0.6 is 0 Å². The van der Waals surface area contributed by atoms with Crippen LogP contribution in [0, 0.1) is 0 Å². The maximum Gasteiger partial charge on any atom is 0.573 e. The predicted molar refractivity (Wildman–Crippen MR) is 72.0 cm³/mol. The lowest BCUT2D eigenvalue weighted by Gasteiger charge is -2.14. The predicted octanol–water partition coefficient (Wildman–Crippen LogP) is 3.06. The van der Waals surface area contributed by atoms with E-state index in [9.17, 15) is 18.0 Å². The lowest BCUT2D eigenvalue weighted by Crippen LogP contribution is -2.24. The number of hydrogen-bond donors (Lipinski definition) is 2. The molecular weight excluding hydrogens is 285 g/mol. The van der Waals surface area contributed by atoms with Crippen LogP contribution in [0.3, 0.4) is 0 Å². The Kier molecular flexibility index (Phi) is 5.06. The molecule has 1 fully saturated rings. The minimum atomic E-state index is -4.78. The van der Waals surface area contributed by atoms with E-state index in [1.165, 1.54) is 24.3 Å². The number of carbonyl (C=O) groups excluding carboxylic acids is 1. The SMILES string of the molecule is O=C(CCC1CCCN1)Nc1ccccc1OC(F)(F)F. The topological polar surface area (TPSA) is 50.4 Å². The van der Waals surface area contributed by atoms with Crippen molar-refractivity contribution < 1.29 is 22.7 Å². The lowest BCUT2D eigenvalue weighted by molar-refractivity contribution is -0.274. The molecule has 0 bridgehead atoms. The normalized spacial score (nSPS) is 18.5. The summed E-state index contributed by atoms with van der Waals surface area (Å²) in [6, 6.07) is 5.82. The minimum absolute atomic E-state index is 0.0270. The number of hydrogen-bond acceptors (Lipinski definition) is 3. The Morgan fingerprint density at radius 2 is 2.14 bits per heavy atom. The first-order valence-electron chi connectivity index (χ1n) is 6.82. The molecule has 0 saturated carbocycles. The monoisotopic (exact) mass is 302 g/mol. The molecular formula is C14H17F3N2O2. The summed E-state index contributed by atoms with van der Waals surface area (Å²) < 4.78 is 40.7. The smallest absolute Gasteiger partial charge is 0.404 e. The van der Waals surface area contributed by atoms with Gasteiger partial charge in [-0.3, -0.25) is 4.79 Å². The molecule has 2 rings (SSSR count). The first-order chi connectivity index (χ1) is 9.94. The standard InChI is InChI=1S/C14H17F3N2O2/c15-14(16,17)21-12-6-2-1-5-11(12)19-13(20)8-7-10-4-3-9-18-10/h1-2,5-6,10,18H,3-4,7-9H2,(H,19,20). The Balaban J connectivity index is 1.90. The number of carbonyl (C=O) groups is 1. The molecule has 1 heterocycles. The highest BCUT2D eigenvalue weighted by molar-refractivity contribution is 5.92. The summed E-state index contributed by atoms with van der Waals surface area (Å²) in [6.07, 6.45) is -1.73. The van der Waals surface area contributed by atoms with E-state index in [2.05, 4.69) is 15.4 Å². The molecule has 1 amide bonds. The van der Waals surface area contributed by atoms with Gasteiger partial charge in [0.1, 0.15) is 0 Å². The van der Waals surface area contributed by atoms with E-state index >= 15 is 0 Å². The zero-order valence-electron chi connectivity index (χ0n) is 11.4. The molecule has 1 aromatic rings. The molecule has 21 heavy (non-hydrogen) atoms. The van der Waals surface area contributed by atoms with Crippen molar-refractivity contribution in [1.82, 2.24) is 5.32 Å². The van der Waals surface area contributed by atoms with Crippen LogP contribution in [0.2, 0.25) is 0 Å². The maximum absolute atomic E-state index is 12.3. The van der Waals surface area contributed by atoms with Crippen LogP contribution < -0.4 is 15.4 Å². The van der Waals surface area contributed by atoms with Crippen molar-refractivity contribution in [2.45, 2.75) is 38.1 Å². The summed E-state index contributed by atoms with van der Waals surface area (Å²) in [6.45, 7) is 0.953. The maximum atomic E-state index is 12.3. The van der Waals surface area contributed by atoms with Crippen LogP contribution in [0.1, 0.15) is 25.7 Å². The highest BCUT2D eigenvalue weighted by Gasteiger charge is 2.32. The second kappa shape index (κ2) is 6.80. The first-order valence-corrected chi connectivity index (χ1v) is 6.82. The number of benzene rings is 1. The van der Waals surface area contributed by atoms with Crippen molar-refractivity contribution in [3.05, 3.63) is 24.3 Å². The van der Waals surface area contributed by atoms with Gasteiger partial charge in [-0.25, -0.2) is 0 Å². The number of ether oxygens (including phenoxy) is 1. The number of alkyl halides is 3. The summed E-state index contributed by atoms with van der Waals surface area (Å²) in [5, 5.41) is 5.73. The quantitative estimate of drug-likeness (QED) is 0.879. The van der Waals surface area contributed by atoms with Crippen LogP contribution in [-0.2, 0) is 4.79 Å². The third-order valence-electron chi connectivity index (χ3n) is 3.27. The summed E-state index contributed by atoms with van der Waals surface area (Å²) in [7, 11) is 0. The minimum Gasteiger partial charge on any atom is -0.404 e. The van der Waals surface area contributed by atoms with Gasteiger partial charge >= 0.3 is 6.36 Å². The van der Waals surface area contributed by atoms with Crippen LogP contribution in [0.5, 0.6) is 5.75 Å². The average Bonchev–Trinajstić information content (AvgIpc) is 2.90. The molecule has 1 aromatic carbocycles. The van der Waals surface area contributed by atoms with Gasteiger partial charge in [-0.15, -0.1) is 13.2 Å². The van der Waals surface area contributed by atoms with E-state index in [1.54, 1.807) is 0 Å². The number of anilines is 1. The molecule has 2 N–H and O–H groups in total. The van der Waals surface area contributed by atoms with Gasteiger partial charge in [0.15, 0.2) is 5.75 Å². The van der Waals surface area contributed by atoms with Crippen LogP contribution in [0.25, 0.3) is 0 Å². The summed E-state index contributed by atoms with van der Waals surface area (Å²) in [4.78, 5) is 11.8.